The zero-order chi connectivity index (χ0) is 19.7. The van der Waals surface area contributed by atoms with Crippen LogP contribution in [0.5, 0.6) is 5.75 Å². The van der Waals surface area contributed by atoms with Gasteiger partial charge in [-0.05, 0) is 54.4 Å². The Hall–Kier alpha value is -3.21. The van der Waals surface area contributed by atoms with Crippen LogP contribution in [0.25, 0.3) is 0 Å². The molecule has 2 bridgehead atoms. The lowest BCUT2D eigenvalue weighted by Crippen LogP contribution is -2.40. The maximum atomic E-state index is 13.3. The monoisotopic (exact) mass is 385 g/mol. The van der Waals surface area contributed by atoms with Crippen molar-refractivity contribution in [3.63, 3.8) is 0 Å². The number of hydrogen-bond acceptors (Lipinski definition) is 4. The number of carbonyl (C=O) groups excluding carboxylic acids is 3. The third-order valence-electron chi connectivity index (χ3n) is 6.98. The summed E-state index contributed by atoms with van der Waals surface area (Å²) in [5.74, 6) is 0.262. The standard InChI is InChI=1S/C24H19NO4/c26-22-20-14-10-11-15(17-12-16(14)17)21(20)23(27)25(22)18-8-4-5-9-19(18)29-24(28)13-6-2-1-3-7-13/h1-11,14-17,20-21H,12H2/t14-,15+,16-,17-,20+,21+/m1/s1. The van der Waals surface area contributed by atoms with E-state index in [-0.39, 0.29) is 41.2 Å². The molecular formula is C24H19NO4. The van der Waals surface area contributed by atoms with E-state index in [9.17, 15) is 14.4 Å². The zero-order valence-electron chi connectivity index (χ0n) is 15.6. The lowest BCUT2D eigenvalue weighted by Gasteiger charge is -2.37. The molecule has 0 N–H and O–H groups in total. The van der Waals surface area contributed by atoms with E-state index in [1.165, 1.54) is 4.90 Å². The second-order valence-corrected chi connectivity index (χ2v) is 8.39. The lowest BCUT2D eigenvalue weighted by atomic mass is 9.63. The van der Waals surface area contributed by atoms with Gasteiger partial charge in [0.15, 0.2) is 5.75 Å². The van der Waals surface area contributed by atoms with Crippen molar-refractivity contribution in [1.82, 2.24) is 0 Å². The first-order valence-corrected chi connectivity index (χ1v) is 10.1. The maximum Gasteiger partial charge on any atom is 0.343 e. The fourth-order valence-corrected chi connectivity index (χ4v) is 5.66. The maximum absolute atomic E-state index is 13.3. The van der Waals surface area contributed by atoms with Crippen molar-refractivity contribution >= 4 is 23.5 Å². The molecule has 7 rings (SSSR count). The Morgan fingerprint density at radius 3 is 2.07 bits per heavy atom. The zero-order valence-corrected chi connectivity index (χ0v) is 15.6. The molecule has 0 unspecified atom stereocenters. The number of esters is 1. The molecule has 0 radical (unpaired) electrons. The number of para-hydroxylation sites is 2. The van der Waals surface area contributed by atoms with E-state index < -0.39 is 5.97 Å². The molecule has 0 spiro atoms. The van der Waals surface area contributed by atoms with E-state index in [1.807, 2.05) is 6.07 Å². The molecule has 6 atom stereocenters. The van der Waals surface area contributed by atoms with Crippen LogP contribution in [0.2, 0.25) is 0 Å². The Kier molecular flexibility index (Phi) is 3.40. The number of benzene rings is 2. The van der Waals surface area contributed by atoms with Crippen LogP contribution in [0, 0.1) is 35.5 Å². The average molecular weight is 385 g/mol. The van der Waals surface area contributed by atoms with E-state index in [0.717, 1.165) is 6.42 Å². The average Bonchev–Trinajstić information content (AvgIpc) is 3.53. The summed E-state index contributed by atoms with van der Waals surface area (Å²) >= 11 is 0. The van der Waals surface area contributed by atoms with Crippen LogP contribution in [-0.2, 0) is 9.59 Å². The third-order valence-corrected chi connectivity index (χ3v) is 6.98. The summed E-state index contributed by atoms with van der Waals surface area (Å²) in [6, 6.07) is 15.5. The van der Waals surface area contributed by atoms with Crippen LogP contribution >= 0.6 is 0 Å². The predicted molar refractivity (Wildman–Crippen MR) is 105 cm³/mol. The van der Waals surface area contributed by atoms with Crippen LogP contribution in [0.3, 0.4) is 0 Å². The second kappa shape index (κ2) is 5.89. The van der Waals surface area contributed by atoms with Crippen molar-refractivity contribution in [2.45, 2.75) is 6.42 Å². The fourth-order valence-electron chi connectivity index (χ4n) is 5.66. The minimum Gasteiger partial charge on any atom is -0.421 e. The van der Waals surface area contributed by atoms with Crippen molar-refractivity contribution in [2.24, 2.45) is 35.5 Å². The minimum atomic E-state index is -0.516. The molecule has 1 aliphatic heterocycles. The number of hydrogen-bond donors (Lipinski definition) is 0. The first-order valence-electron chi connectivity index (χ1n) is 10.1. The molecule has 3 fully saturated rings. The number of amides is 2. The molecule has 4 aliphatic carbocycles. The smallest absolute Gasteiger partial charge is 0.343 e. The number of ether oxygens (including phenoxy) is 1. The molecule has 5 aliphatic rings. The van der Waals surface area contributed by atoms with Crippen molar-refractivity contribution in [3.05, 3.63) is 72.3 Å². The molecule has 1 heterocycles. The van der Waals surface area contributed by atoms with Crippen LogP contribution in [-0.4, -0.2) is 17.8 Å². The predicted octanol–water partition coefficient (Wildman–Crippen LogP) is 3.46. The quantitative estimate of drug-likeness (QED) is 0.351. The van der Waals surface area contributed by atoms with Gasteiger partial charge in [-0.15, -0.1) is 0 Å². The van der Waals surface area contributed by atoms with Gasteiger partial charge in [0.25, 0.3) is 0 Å². The third kappa shape index (κ3) is 2.30. The van der Waals surface area contributed by atoms with Crippen LogP contribution < -0.4 is 9.64 Å². The van der Waals surface area contributed by atoms with Crippen molar-refractivity contribution in [2.75, 3.05) is 4.90 Å². The van der Waals surface area contributed by atoms with Crippen molar-refractivity contribution in [1.29, 1.82) is 0 Å². The first kappa shape index (κ1) is 16.7. The van der Waals surface area contributed by atoms with Crippen molar-refractivity contribution in [3.8, 4) is 5.75 Å². The summed E-state index contributed by atoms with van der Waals surface area (Å²) in [5.41, 5.74) is 0.770. The van der Waals surface area contributed by atoms with Gasteiger partial charge < -0.3 is 4.74 Å². The number of allylic oxidation sites excluding steroid dienone is 2. The molecule has 144 valence electrons. The Morgan fingerprint density at radius 2 is 1.41 bits per heavy atom. The fraction of sp³-hybridized carbons (Fsp3) is 0.292. The molecular weight excluding hydrogens is 366 g/mol. The highest BCUT2D eigenvalue weighted by Crippen LogP contribution is 2.65. The van der Waals surface area contributed by atoms with Crippen LogP contribution in [0.4, 0.5) is 5.69 Å². The van der Waals surface area contributed by atoms with Gasteiger partial charge >= 0.3 is 5.97 Å². The van der Waals surface area contributed by atoms with Crippen LogP contribution in [0.1, 0.15) is 16.8 Å². The Labute approximate surface area is 168 Å². The van der Waals surface area contributed by atoms with E-state index >= 15 is 0 Å². The summed E-state index contributed by atoms with van der Waals surface area (Å²) in [7, 11) is 0. The van der Waals surface area contributed by atoms with Gasteiger partial charge in [0, 0.05) is 0 Å². The summed E-state index contributed by atoms with van der Waals surface area (Å²) in [6.45, 7) is 0. The molecule has 5 nitrogen and oxygen atoms in total. The van der Waals surface area contributed by atoms with Gasteiger partial charge in [-0.3, -0.25) is 9.59 Å². The Balaban J connectivity index is 1.35. The van der Waals surface area contributed by atoms with E-state index in [0.29, 0.717) is 23.1 Å². The molecule has 5 heteroatoms. The molecule has 2 amide bonds. The molecule has 2 aromatic carbocycles. The number of imide groups is 1. The largest absolute Gasteiger partial charge is 0.421 e. The normalized spacial score (nSPS) is 33.4. The summed E-state index contributed by atoms with van der Waals surface area (Å²) in [5, 5.41) is 0. The number of anilines is 1. The van der Waals surface area contributed by atoms with E-state index in [1.54, 1.807) is 48.5 Å². The molecule has 2 aromatic rings. The number of rotatable bonds is 3. The molecule has 2 saturated carbocycles. The van der Waals surface area contributed by atoms with Gasteiger partial charge in [0.2, 0.25) is 11.8 Å². The van der Waals surface area contributed by atoms with Gasteiger partial charge in [-0.1, -0.05) is 42.5 Å². The van der Waals surface area contributed by atoms with E-state index in [2.05, 4.69) is 12.2 Å². The van der Waals surface area contributed by atoms with Gasteiger partial charge in [-0.2, -0.15) is 0 Å². The van der Waals surface area contributed by atoms with Gasteiger partial charge in [0.1, 0.15) is 0 Å². The van der Waals surface area contributed by atoms with E-state index in [4.69, 9.17) is 4.74 Å². The van der Waals surface area contributed by atoms with Gasteiger partial charge in [-0.25, -0.2) is 9.69 Å². The Bertz CT molecular complexity index is 1040. The number of nitrogens with zero attached hydrogens (tertiary/aromatic N) is 1. The summed E-state index contributed by atoms with van der Waals surface area (Å²) in [4.78, 5) is 40.5. The van der Waals surface area contributed by atoms with Crippen LogP contribution in [0.15, 0.2) is 66.7 Å². The number of carbonyl (C=O) groups is 3. The summed E-state index contributed by atoms with van der Waals surface area (Å²) in [6.07, 6.45) is 5.42. The molecule has 1 saturated heterocycles. The van der Waals surface area contributed by atoms with Crippen molar-refractivity contribution < 1.29 is 19.1 Å². The highest BCUT2D eigenvalue weighted by Gasteiger charge is 2.67. The summed E-state index contributed by atoms with van der Waals surface area (Å²) < 4.78 is 5.59. The SMILES string of the molecule is O=C(Oc1ccccc1N1C(=O)[C@H]2[C@@H]3C=C[C@@H]([C@H]4C[C@H]34)[C@@H]2C1=O)c1ccccc1. The minimum absolute atomic E-state index is 0.159. The highest BCUT2D eigenvalue weighted by molar-refractivity contribution is 6.23. The van der Waals surface area contributed by atoms with Gasteiger partial charge in [0.05, 0.1) is 23.1 Å². The molecule has 0 aromatic heterocycles. The first-order chi connectivity index (χ1) is 14.1. The highest BCUT2D eigenvalue weighted by atomic mass is 16.5. The lowest BCUT2D eigenvalue weighted by molar-refractivity contribution is -0.124. The Morgan fingerprint density at radius 1 is 0.828 bits per heavy atom. The molecule has 29 heavy (non-hydrogen) atoms. The second-order valence-electron chi connectivity index (χ2n) is 8.39. The topological polar surface area (TPSA) is 63.7 Å².